The van der Waals surface area contributed by atoms with Crippen molar-refractivity contribution in [2.45, 2.75) is 51.6 Å². The van der Waals surface area contributed by atoms with E-state index >= 15 is 0 Å². The molecule has 5 aromatic rings. The third-order valence-corrected chi connectivity index (χ3v) is 20.9. The summed E-state index contributed by atoms with van der Waals surface area (Å²) in [6.07, 6.45) is 0. The Hall–Kier alpha value is -3.32. The zero-order valence-corrected chi connectivity index (χ0v) is 27.9. The quantitative estimate of drug-likeness (QED) is 0.183. The lowest BCUT2D eigenvalue weighted by Gasteiger charge is -2.46. The van der Waals surface area contributed by atoms with Crippen LogP contribution in [-0.2, 0) is 0 Å². The number of hydrogen-bond acceptors (Lipinski definition) is 1. The van der Waals surface area contributed by atoms with Gasteiger partial charge in [-0.05, 0) is 42.1 Å². The van der Waals surface area contributed by atoms with Crippen LogP contribution in [0.5, 0.6) is 0 Å². The highest BCUT2D eigenvalue weighted by Crippen LogP contribution is 2.37. The predicted octanol–water partition coefficient (Wildman–Crippen LogP) is 6.28. The smallest absolute Gasteiger partial charge is 0.173 e. The number of benzene rings is 4. The van der Waals surface area contributed by atoms with E-state index in [0.29, 0.717) is 0 Å². The minimum Gasteiger partial charge on any atom is -0.353 e. The zero-order chi connectivity index (χ0) is 29.3. The summed E-state index contributed by atoms with van der Waals surface area (Å²) in [4.78, 5) is 3.95. The highest BCUT2D eigenvalue weighted by molar-refractivity contribution is 7.71. The summed E-state index contributed by atoms with van der Waals surface area (Å²) >= 11 is 6.45. The Morgan fingerprint density at radius 3 is 1.05 bits per heavy atom. The third kappa shape index (κ3) is 4.82. The molecule has 5 rings (SSSR count). The second kappa shape index (κ2) is 11.2. The average molecular weight is 588 g/mol. The summed E-state index contributed by atoms with van der Waals surface area (Å²) < 4.78 is 0.866. The van der Waals surface area contributed by atoms with Crippen molar-refractivity contribution >= 4 is 59.6 Å². The van der Waals surface area contributed by atoms with Crippen molar-refractivity contribution in [3.05, 3.63) is 138 Å². The molecule has 4 aromatic carbocycles. The van der Waals surface area contributed by atoms with Gasteiger partial charge in [-0.2, -0.15) is 0 Å². The Balaban J connectivity index is 1.87. The Morgan fingerprint density at radius 2 is 0.756 bits per heavy atom. The van der Waals surface area contributed by atoms with Crippen LogP contribution >= 0.6 is 12.2 Å². The molecule has 0 unspecified atom stereocenters. The molecular weight excluding hydrogens is 547 g/mol. The van der Waals surface area contributed by atoms with Gasteiger partial charge in [-0.15, -0.1) is 0 Å². The number of H-pyrrole nitrogens is 1. The monoisotopic (exact) mass is 587 g/mol. The van der Waals surface area contributed by atoms with Crippen molar-refractivity contribution in [2.24, 2.45) is 0 Å². The molecule has 0 aliphatic carbocycles. The van der Waals surface area contributed by atoms with Crippen LogP contribution in [0.25, 0.3) is 0 Å². The summed E-state index contributed by atoms with van der Waals surface area (Å²) in [5.41, 5.74) is 0. The fraction of sp³-hybridized carbons (Fsp3) is 0.216. The minimum absolute atomic E-state index is 0.0209. The molecule has 0 saturated heterocycles. The van der Waals surface area contributed by atoms with E-state index < -0.39 is 16.1 Å². The topological polar surface area (TPSA) is 15.8 Å². The van der Waals surface area contributed by atoms with Gasteiger partial charge in [0.2, 0.25) is 0 Å². The van der Waals surface area contributed by atoms with Crippen LogP contribution in [0.4, 0.5) is 0 Å². The largest absolute Gasteiger partial charge is 0.353 e. The Morgan fingerprint density at radius 1 is 0.439 bits per heavy atom. The van der Waals surface area contributed by atoms with Crippen LogP contribution in [0.15, 0.2) is 133 Å². The minimum atomic E-state index is -2.58. The fourth-order valence-corrected chi connectivity index (χ4v) is 19.1. The number of aromatic nitrogens is 1. The van der Waals surface area contributed by atoms with Crippen LogP contribution in [0.3, 0.4) is 0 Å². The molecule has 0 aliphatic rings. The first kappa shape index (κ1) is 29.2. The maximum atomic E-state index is 6.45. The van der Waals surface area contributed by atoms with Crippen LogP contribution in [0.2, 0.25) is 10.1 Å². The van der Waals surface area contributed by atoms with Crippen molar-refractivity contribution in [3.8, 4) is 0 Å². The summed E-state index contributed by atoms with van der Waals surface area (Å²) in [7, 11) is -5.13. The molecule has 0 spiro atoms. The molecule has 0 bridgehead atoms. The van der Waals surface area contributed by atoms with Gasteiger partial charge >= 0.3 is 0 Å². The highest BCUT2D eigenvalue weighted by Gasteiger charge is 2.52. The third-order valence-electron chi connectivity index (χ3n) is 8.79. The molecule has 1 nitrogen and oxygen atoms in total. The molecule has 41 heavy (non-hydrogen) atoms. The van der Waals surface area contributed by atoms with Crippen molar-refractivity contribution in [1.82, 2.24) is 4.98 Å². The van der Waals surface area contributed by atoms with E-state index in [1.807, 2.05) is 0 Å². The first-order valence-corrected chi connectivity index (χ1v) is 18.9. The van der Waals surface area contributed by atoms with E-state index in [1.54, 1.807) is 0 Å². The van der Waals surface area contributed by atoms with Crippen LogP contribution in [0, 0.1) is 4.64 Å². The molecule has 208 valence electrons. The summed E-state index contributed by atoms with van der Waals surface area (Å²) in [6.45, 7) is 14.4. The van der Waals surface area contributed by atoms with Crippen LogP contribution < -0.4 is 31.3 Å². The lowest BCUT2D eigenvalue weighted by Crippen LogP contribution is -2.75. The molecule has 0 fully saturated rings. The molecule has 1 N–H and O–H groups in total. The van der Waals surface area contributed by atoms with Gasteiger partial charge in [-0.25, -0.2) is 0 Å². The number of hydrogen-bond donors (Lipinski definition) is 1. The number of rotatable bonds is 6. The maximum Gasteiger partial charge on any atom is 0.173 e. The lowest BCUT2D eigenvalue weighted by molar-refractivity contribution is 0.737. The van der Waals surface area contributed by atoms with Gasteiger partial charge in [0.25, 0.3) is 0 Å². The average Bonchev–Trinajstić information content (AvgIpc) is 2.96. The first-order chi connectivity index (χ1) is 19.5. The number of pyridine rings is 1. The summed E-state index contributed by atoms with van der Waals surface area (Å²) in [5, 5.41) is 8.04. The van der Waals surface area contributed by atoms with Gasteiger partial charge < -0.3 is 4.98 Å². The van der Waals surface area contributed by atoms with Crippen molar-refractivity contribution in [2.75, 3.05) is 0 Å². The van der Waals surface area contributed by atoms with Crippen molar-refractivity contribution in [3.63, 3.8) is 0 Å². The van der Waals surface area contributed by atoms with Crippen molar-refractivity contribution < 1.29 is 0 Å². The first-order valence-electron chi connectivity index (χ1n) is 14.5. The molecule has 0 saturated carbocycles. The number of nitrogens with one attached hydrogen (secondary N) is 1. The van der Waals surface area contributed by atoms with Gasteiger partial charge in [0.1, 0.15) is 4.64 Å². The molecule has 1 aromatic heterocycles. The zero-order valence-electron chi connectivity index (χ0n) is 25.1. The lowest BCUT2D eigenvalue weighted by atomic mass is 10.2. The van der Waals surface area contributed by atoms with E-state index in [9.17, 15) is 0 Å². The molecule has 0 aliphatic heterocycles. The van der Waals surface area contributed by atoms with Gasteiger partial charge in [0.15, 0.2) is 16.1 Å². The Labute approximate surface area is 253 Å². The van der Waals surface area contributed by atoms with Crippen LogP contribution in [-0.4, -0.2) is 21.1 Å². The van der Waals surface area contributed by atoms with E-state index in [0.717, 1.165) is 4.64 Å². The fourth-order valence-electron chi connectivity index (χ4n) is 7.24. The van der Waals surface area contributed by atoms with Gasteiger partial charge in [-0.1, -0.05) is 181 Å². The molecule has 1 heterocycles. The van der Waals surface area contributed by atoms with Gasteiger partial charge in [-0.3, -0.25) is 0 Å². The predicted molar refractivity (Wildman–Crippen MR) is 186 cm³/mol. The normalized spacial score (nSPS) is 12.7. The second-order valence-electron chi connectivity index (χ2n) is 13.1. The standard InChI is InChI=1S/C37H41NSSi2/c1-36(2,3)40(29-19-11-7-12-20-29,30-21-13-8-14-22-30)33-27-28-34(38-35(33)39)41(37(4,5)6,31-23-15-9-16-24-31)32-25-17-10-18-26-32/h7-28H,1-6H3,(H,38,39). The molecule has 0 atom stereocenters. The summed E-state index contributed by atoms with van der Waals surface area (Å²) in [5.74, 6) is 0. The van der Waals surface area contributed by atoms with E-state index in [1.165, 1.54) is 31.3 Å². The summed E-state index contributed by atoms with van der Waals surface area (Å²) in [6, 6.07) is 49.2. The van der Waals surface area contributed by atoms with Gasteiger partial charge in [0.05, 0.1) is 0 Å². The molecule has 0 radical (unpaired) electrons. The van der Waals surface area contributed by atoms with E-state index in [-0.39, 0.29) is 10.1 Å². The van der Waals surface area contributed by atoms with Gasteiger partial charge in [0, 0.05) is 5.32 Å². The maximum absolute atomic E-state index is 6.45. The molecular formula is C37H41NSSi2. The Kier molecular flexibility index (Phi) is 7.95. The van der Waals surface area contributed by atoms with Crippen LogP contribution in [0.1, 0.15) is 41.5 Å². The van der Waals surface area contributed by atoms with E-state index in [4.69, 9.17) is 12.2 Å². The Bertz CT molecular complexity index is 1570. The second-order valence-corrected chi connectivity index (χ2v) is 22.9. The highest BCUT2D eigenvalue weighted by atomic mass is 32.1. The molecule has 0 amide bonds. The van der Waals surface area contributed by atoms with E-state index in [2.05, 4.69) is 180 Å². The SMILES string of the molecule is CC(C)(C)[Si](c1ccccc1)(c1ccccc1)c1ccc([Si](c2ccccc2)(c2ccccc2)C(C)(C)C)c(=S)[nH]1. The molecule has 4 heteroatoms. The van der Waals surface area contributed by atoms with Crippen molar-refractivity contribution in [1.29, 1.82) is 0 Å². The number of aromatic amines is 1.